The first-order valence-corrected chi connectivity index (χ1v) is 7.80. The molecule has 0 amide bonds. The van der Waals surface area contributed by atoms with Gasteiger partial charge in [-0.3, -0.25) is 0 Å². The zero-order valence-corrected chi connectivity index (χ0v) is 12.9. The summed E-state index contributed by atoms with van der Waals surface area (Å²) >= 11 is 0. The van der Waals surface area contributed by atoms with Gasteiger partial charge in [-0.15, -0.1) is 0 Å². The molecule has 3 rings (SSSR count). The first-order valence-electron chi connectivity index (χ1n) is 7.80. The minimum absolute atomic E-state index is 0.0385. The lowest BCUT2D eigenvalue weighted by atomic mass is 9.88. The number of hydrogen-bond donors (Lipinski definition) is 0. The average Bonchev–Trinajstić information content (AvgIpc) is 3.09. The lowest BCUT2D eigenvalue weighted by Gasteiger charge is -2.37. The van der Waals surface area contributed by atoms with E-state index in [4.69, 9.17) is 9.26 Å². The van der Waals surface area contributed by atoms with Crippen LogP contribution >= 0.6 is 0 Å². The zero-order chi connectivity index (χ0) is 14.2. The standard InChI is InChI=1S/C16H26N2O2/c1-16(2)9-12(6-7-19-16)10-18(3)11-14-8-15(20-17-14)13-4-5-13/h8,12-13H,4-7,9-11H2,1-3H3. The molecule has 20 heavy (non-hydrogen) atoms. The Labute approximate surface area is 121 Å². The third-order valence-corrected chi connectivity index (χ3v) is 4.36. The highest BCUT2D eigenvalue weighted by molar-refractivity contribution is 5.14. The fourth-order valence-electron chi connectivity index (χ4n) is 3.26. The minimum atomic E-state index is 0.0385. The summed E-state index contributed by atoms with van der Waals surface area (Å²) in [4.78, 5) is 2.36. The van der Waals surface area contributed by atoms with Crippen LogP contribution < -0.4 is 0 Å². The van der Waals surface area contributed by atoms with E-state index in [2.05, 4.69) is 37.0 Å². The molecule has 4 heteroatoms. The van der Waals surface area contributed by atoms with Crippen LogP contribution in [0.3, 0.4) is 0 Å². The Balaban J connectivity index is 1.49. The molecule has 1 aliphatic carbocycles. The Hall–Kier alpha value is -0.870. The molecule has 0 spiro atoms. The molecule has 1 atom stereocenters. The fraction of sp³-hybridized carbons (Fsp3) is 0.812. The first-order chi connectivity index (χ1) is 9.52. The summed E-state index contributed by atoms with van der Waals surface area (Å²) in [6.07, 6.45) is 4.84. The van der Waals surface area contributed by atoms with Crippen LogP contribution in [0, 0.1) is 5.92 Å². The highest BCUT2D eigenvalue weighted by Crippen LogP contribution is 2.40. The third kappa shape index (κ3) is 3.61. The van der Waals surface area contributed by atoms with Crippen molar-refractivity contribution in [3.63, 3.8) is 0 Å². The van der Waals surface area contributed by atoms with Crippen molar-refractivity contribution in [1.29, 1.82) is 0 Å². The number of hydrogen-bond acceptors (Lipinski definition) is 4. The van der Waals surface area contributed by atoms with E-state index in [1.165, 1.54) is 19.3 Å². The molecule has 1 saturated carbocycles. The Kier molecular flexibility index (Phi) is 3.87. The van der Waals surface area contributed by atoms with E-state index < -0.39 is 0 Å². The monoisotopic (exact) mass is 278 g/mol. The second kappa shape index (κ2) is 5.49. The Bertz CT molecular complexity index is 451. The van der Waals surface area contributed by atoms with Crippen LogP contribution in [0.1, 0.15) is 56.9 Å². The van der Waals surface area contributed by atoms with Crippen molar-refractivity contribution in [3.05, 3.63) is 17.5 Å². The molecule has 1 aromatic heterocycles. The highest BCUT2D eigenvalue weighted by Gasteiger charge is 2.30. The van der Waals surface area contributed by atoms with Crippen LogP contribution in [0.25, 0.3) is 0 Å². The van der Waals surface area contributed by atoms with Gasteiger partial charge in [0, 0.05) is 31.7 Å². The molecular weight excluding hydrogens is 252 g/mol. The van der Waals surface area contributed by atoms with Crippen LogP contribution in [0.4, 0.5) is 0 Å². The fourth-order valence-corrected chi connectivity index (χ4v) is 3.26. The maximum absolute atomic E-state index is 5.79. The van der Waals surface area contributed by atoms with E-state index in [1.54, 1.807) is 0 Å². The summed E-state index contributed by atoms with van der Waals surface area (Å²) in [6.45, 7) is 7.27. The predicted octanol–water partition coefficient (Wildman–Crippen LogP) is 3.19. The Morgan fingerprint density at radius 3 is 2.85 bits per heavy atom. The molecule has 0 bridgehead atoms. The molecule has 112 valence electrons. The third-order valence-electron chi connectivity index (χ3n) is 4.36. The van der Waals surface area contributed by atoms with Gasteiger partial charge in [-0.05, 0) is 52.5 Å². The van der Waals surface area contributed by atoms with Crippen molar-refractivity contribution in [2.75, 3.05) is 20.2 Å². The molecule has 1 saturated heterocycles. The maximum Gasteiger partial charge on any atom is 0.140 e. The highest BCUT2D eigenvalue weighted by atomic mass is 16.5. The zero-order valence-electron chi connectivity index (χ0n) is 12.9. The van der Waals surface area contributed by atoms with Crippen molar-refractivity contribution in [1.82, 2.24) is 10.1 Å². The summed E-state index contributed by atoms with van der Waals surface area (Å²) in [5.41, 5.74) is 1.11. The summed E-state index contributed by atoms with van der Waals surface area (Å²) in [7, 11) is 2.17. The lowest BCUT2D eigenvalue weighted by Crippen LogP contribution is -2.38. The smallest absolute Gasteiger partial charge is 0.140 e. The van der Waals surface area contributed by atoms with Crippen molar-refractivity contribution in [2.45, 2.75) is 57.6 Å². The molecule has 4 nitrogen and oxygen atoms in total. The SMILES string of the molecule is CN(Cc1cc(C2CC2)on1)CC1CCOC(C)(C)C1. The molecule has 1 unspecified atom stereocenters. The molecule has 0 radical (unpaired) electrons. The second-order valence-corrected chi connectivity index (χ2v) is 7.16. The number of ether oxygens (including phenoxy) is 1. The van der Waals surface area contributed by atoms with Gasteiger partial charge in [0.2, 0.25) is 0 Å². The predicted molar refractivity (Wildman–Crippen MR) is 77.6 cm³/mol. The summed E-state index contributed by atoms with van der Waals surface area (Å²) in [5, 5.41) is 4.20. The summed E-state index contributed by atoms with van der Waals surface area (Å²) in [5.74, 6) is 2.46. The van der Waals surface area contributed by atoms with Crippen molar-refractivity contribution in [3.8, 4) is 0 Å². The maximum atomic E-state index is 5.79. The number of aromatic nitrogens is 1. The summed E-state index contributed by atoms with van der Waals surface area (Å²) in [6, 6.07) is 2.14. The average molecular weight is 278 g/mol. The first kappa shape index (κ1) is 14.1. The Morgan fingerprint density at radius 2 is 2.15 bits per heavy atom. The van der Waals surface area contributed by atoms with E-state index in [9.17, 15) is 0 Å². The molecular formula is C16H26N2O2. The van der Waals surface area contributed by atoms with Crippen LogP contribution in [0.2, 0.25) is 0 Å². The van der Waals surface area contributed by atoms with Crippen LogP contribution in [0.15, 0.2) is 10.6 Å². The molecule has 1 aromatic rings. The quantitative estimate of drug-likeness (QED) is 0.829. The molecule has 2 heterocycles. The van der Waals surface area contributed by atoms with Crippen molar-refractivity contribution in [2.24, 2.45) is 5.92 Å². The summed E-state index contributed by atoms with van der Waals surface area (Å²) < 4.78 is 11.2. The largest absolute Gasteiger partial charge is 0.376 e. The molecule has 2 fully saturated rings. The van der Waals surface area contributed by atoms with E-state index in [0.29, 0.717) is 5.92 Å². The van der Waals surface area contributed by atoms with Gasteiger partial charge < -0.3 is 14.2 Å². The van der Waals surface area contributed by atoms with Crippen LogP contribution in [-0.4, -0.2) is 35.9 Å². The van der Waals surface area contributed by atoms with Gasteiger partial charge in [0.05, 0.1) is 11.3 Å². The van der Waals surface area contributed by atoms with Gasteiger partial charge in [-0.2, -0.15) is 0 Å². The number of rotatable bonds is 5. The van der Waals surface area contributed by atoms with E-state index in [0.717, 1.165) is 43.5 Å². The van der Waals surface area contributed by atoms with Gasteiger partial charge in [-0.25, -0.2) is 0 Å². The molecule has 2 aliphatic rings. The lowest BCUT2D eigenvalue weighted by molar-refractivity contribution is -0.0762. The molecule has 0 aromatic carbocycles. The van der Waals surface area contributed by atoms with Crippen LogP contribution in [-0.2, 0) is 11.3 Å². The van der Waals surface area contributed by atoms with E-state index >= 15 is 0 Å². The Morgan fingerprint density at radius 1 is 1.35 bits per heavy atom. The topological polar surface area (TPSA) is 38.5 Å². The van der Waals surface area contributed by atoms with E-state index in [1.807, 2.05) is 0 Å². The van der Waals surface area contributed by atoms with Gasteiger partial charge in [-0.1, -0.05) is 5.16 Å². The molecule has 0 N–H and O–H groups in total. The second-order valence-electron chi connectivity index (χ2n) is 7.16. The minimum Gasteiger partial charge on any atom is -0.376 e. The normalized spacial score (nSPS) is 26.1. The van der Waals surface area contributed by atoms with E-state index in [-0.39, 0.29) is 5.60 Å². The van der Waals surface area contributed by atoms with Gasteiger partial charge >= 0.3 is 0 Å². The van der Waals surface area contributed by atoms with Gasteiger partial charge in [0.25, 0.3) is 0 Å². The van der Waals surface area contributed by atoms with Crippen molar-refractivity contribution >= 4 is 0 Å². The van der Waals surface area contributed by atoms with Crippen LogP contribution in [0.5, 0.6) is 0 Å². The molecule has 1 aliphatic heterocycles. The van der Waals surface area contributed by atoms with Crippen molar-refractivity contribution < 1.29 is 9.26 Å². The van der Waals surface area contributed by atoms with Gasteiger partial charge in [0.15, 0.2) is 0 Å². The van der Waals surface area contributed by atoms with Gasteiger partial charge in [0.1, 0.15) is 5.76 Å². The number of nitrogens with zero attached hydrogens (tertiary/aromatic N) is 2.